The summed E-state index contributed by atoms with van der Waals surface area (Å²) in [5.41, 5.74) is 0. The Kier molecular flexibility index (Phi) is 37.3. The number of amides is 1. The minimum Gasteiger partial charge on any atom is -0.393 e. The zero-order valence-corrected chi connectivity index (χ0v) is 40.7. The lowest BCUT2D eigenvalue weighted by Crippen LogP contribution is -2.64. The molecule has 13 nitrogen and oxygen atoms in total. The molecule has 1 amide bonds. The summed E-state index contributed by atoms with van der Waals surface area (Å²) in [5, 5.41) is 74.6. The molecule has 63 heavy (non-hydrogen) atoms. The Morgan fingerprint density at radius 3 is 1.30 bits per heavy atom. The lowest BCUT2D eigenvalue weighted by molar-refractivity contribution is -0.220. The first-order chi connectivity index (χ1) is 30.3. The standard InChI is InChI=1S/C49H96NO12P/c1-3-5-7-9-11-13-15-17-18-19-20-21-22-23-25-27-29-31-33-35-37-42(52)41(39-61-63(59,60)62-49-47(57)45(55)44(54)46(56)48(49)58)50-43(53)38-40(51)36-34-32-30-28-26-24-16-14-12-10-8-6-4-2/h35,37,40-42,44-49,51-52,54-58H,3-34,36,38-39H2,1-2H3,(H,50,53)(H,59,60)/b37-35+. The molecule has 1 saturated carbocycles. The average Bonchev–Trinajstić information content (AvgIpc) is 3.26. The van der Waals surface area contributed by atoms with Crippen molar-refractivity contribution >= 4 is 13.7 Å². The zero-order chi connectivity index (χ0) is 46.6. The summed E-state index contributed by atoms with van der Waals surface area (Å²) in [6.07, 6.45) is 28.7. The fraction of sp³-hybridized carbons (Fsp3) is 0.939. The number of aliphatic hydroxyl groups excluding tert-OH is 7. The van der Waals surface area contributed by atoms with E-state index in [0.29, 0.717) is 12.8 Å². The number of unbranched alkanes of at least 4 members (excludes halogenated alkanes) is 30. The second-order valence-electron chi connectivity index (χ2n) is 18.6. The minimum absolute atomic E-state index is 0.240. The molecular formula is C49H96NO12P. The molecule has 0 heterocycles. The number of allylic oxidation sites excluding steroid dienone is 1. The van der Waals surface area contributed by atoms with E-state index in [-0.39, 0.29) is 6.42 Å². The van der Waals surface area contributed by atoms with E-state index in [4.69, 9.17) is 9.05 Å². The Morgan fingerprint density at radius 2 is 0.905 bits per heavy atom. The van der Waals surface area contributed by atoms with Crippen LogP contribution >= 0.6 is 7.82 Å². The molecule has 8 unspecified atom stereocenters. The maximum absolute atomic E-state index is 13.0. The molecule has 0 aromatic carbocycles. The van der Waals surface area contributed by atoms with Gasteiger partial charge in [-0.3, -0.25) is 13.8 Å². The van der Waals surface area contributed by atoms with E-state index in [1.54, 1.807) is 6.08 Å². The Balaban J connectivity index is 2.49. The number of phosphoric ester groups is 1. The highest BCUT2D eigenvalue weighted by molar-refractivity contribution is 7.47. The number of nitrogens with one attached hydrogen (secondary N) is 1. The Labute approximate surface area is 382 Å². The van der Waals surface area contributed by atoms with Crippen LogP contribution < -0.4 is 5.32 Å². The topological polar surface area (TPSA) is 226 Å². The highest BCUT2D eigenvalue weighted by Gasteiger charge is 2.51. The third-order valence-corrected chi connectivity index (χ3v) is 13.6. The smallest absolute Gasteiger partial charge is 0.393 e. The van der Waals surface area contributed by atoms with Crippen molar-refractivity contribution in [2.45, 2.75) is 287 Å². The van der Waals surface area contributed by atoms with Gasteiger partial charge in [0.05, 0.1) is 31.3 Å². The summed E-state index contributed by atoms with van der Waals surface area (Å²) in [6, 6.07) is -1.24. The van der Waals surface area contributed by atoms with Crippen molar-refractivity contribution in [2.75, 3.05) is 6.61 Å². The number of hydrogen-bond donors (Lipinski definition) is 9. The maximum atomic E-state index is 13.0. The maximum Gasteiger partial charge on any atom is 0.472 e. The second-order valence-corrected chi connectivity index (χ2v) is 20.0. The molecule has 9 N–H and O–H groups in total. The lowest BCUT2D eigenvalue weighted by Gasteiger charge is -2.41. The van der Waals surface area contributed by atoms with Crippen LogP contribution in [0.25, 0.3) is 0 Å². The molecule has 0 saturated heterocycles. The molecule has 1 aliphatic carbocycles. The second kappa shape index (κ2) is 39.1. The van der Waals surface area contributed by atoms with Crippen molar-refractivity contribution in [3.63, 3.8) is 0 Å². The number of hydrogen-bond acceptors (Lipinski definition) is 11. The van der Waals surface area contributed by atoms with Crippen molar-refractivity contribution in [3.8, 4) is 0 Å². The van der Waals surface area contributed by atoms with Gasteiger partial charge in [0.2, 0.25) is 5.91 Å². The van der Waals surface area contributed by atoms with Crippen LogP contribution in [0.3, 0.4) is 0 Å². The quantitative estimate of drug-likeness (QED) is 0.0158. The van der Waals surface area contributed by atoms with Crippen LogP contribution in [0.15, 0.2) is 12.2 Å². The minimum atomic E-state index is -5.14. The third-order valence-electron chi connectivity index (χ3n) is 12.6. The summed E-state index contributed by atoms with van der Waals surface area (Å²) >= 11 is 0. The fourth-order valence-electron chi connectivity index (χ4n) is 8.42. The van der Waals surface area contributed by atoms with Crippen LogP contribution in [0.1, 0.15) is 232 Å². The first-order valence-electron chi connectivity index (χ1n) is 25.7. The Bertz CT molecular complexity index is 1130. The van der Waals surface area contributed by atoms with Gasteiger partial charge in [-0.1, -0.05) is 219 Å². The van der Waals surface area contributed by atoms with Crippen molar-refractivity contribution in [2.24, 2.45) is 0 Å². The molecule has 1 rings (SSSR count). The molecule has 0 aromatic rings. The number of rotatable bonds is 43. The summed E-state index contributed by atoms with van der Waals surface area (Å²) < 4.78 is 22.9. The van der Waals surface area contributed by atoms with Crippen LogP contribution in [0.4, 0.5) is 0 Å². The molecule has 1 fully saturated rings. The molecule has 1 aliphatic rings. The SMILES string of the molecule is CCCCCCCCCCCCCCCCCCCC/C=C/C(O)C(COP(=O)(O)OC1C(O)C(O)C(O)C(O)C1O)NC(=O)CC(O)CCCCCCCCCCCCCCC. The van der Waals surface area contributed by atoms with E-state index >= 15 is 0 Å². The van der Waals surface area contributed by atoms with Gasteiger partial charge in [0.1, 0.15) is 36.6 Å². The van der Waals surface area contributed by atoms with E-state index in [1.807, 2.05) is 0 Å². The third kappa shape index (κ3) is 30.9. The van der Waals surface area contributed by atoms with E-state index in [1.165, 1.54) is 160 Å². The molecule has 374 valence electrons. The molecule has 0 aliphatic heterocycles. The molecule has 0 spiro atoms. The van der Waals surface area contributed by atoms with Crippen molar-refractivity contribution in [3.05, 3.63) is 12.2 Å². The number of carbonyl (C=O) groups excluding carboxylic acids is 1. The van der Waals surface area contributed by atoms with Gasteiger partial charge in [-0.2, -0.15) is 0 Å². The summed E-state index contributed by atoms with van der Waals surface area (Å²) in [6.45, 7) is 3.76. The summed E-state index contributed by atoms with van der Waals surface area (Å²) in [5.74, 6) is -0.589. The van der Waals surface area contributed by atoms with Crippen LogP contribution in [0.2, 0.25) is 0 Å². The van der Waals surface area contributed by atoms with Crippen molar-refractivity contribution in [1.29, 1.82) is 0 Å². The summed E-state index contributed by atoms with van der Waals surface area (Å²) in [4.78, 5) is 23.5. The van der Waals surface area contributed by atoms with Gasteiger partial charge >= 0.3 is 7.82 Å². The molecule has 8 atom stereocenters. The van der Waals surface area contributed by atoms with Gasteiger partial charge in [0, 0.05) is 0 Å². The van der Waals surface area contributed by atoms with Gasteiger partial charge in [-0.15, -0.1) is 0 Å². The Hall–Kier alpha value is -0.960. The van der Waals surface area contributed by atoms with Crippen LogP contribution in [0, 0.1) is 0 Å². The normalized spacial score (nSPS) is 22.9. The van der Waals surface area contributed by atoms with Gasteiger partial charge < -0.3 is 46.0 Å². The van der Waals surface area contributed by atoms with Crippen molar-refractivity contribution < 1.29 is 59.0 Å². The molecule has 0 aromatic heterocycles. The Morgan fingerprint density at radius 1 is 0.556 bits per heavy atom. The fourth-order valence-corrected chi connectivity index (χ4v) is 9.39. The zero-order valence-electron chi connectivity index (χ0n) is 39.8. The predicted molar refractivity (Wildman–Crippen MR) is 252 cm³/mol. The monoisotopic (exact) mass is 922 g/mol. The molecule has 14 heteroatoms. The van der Waals surface area contributed by atoms with E-state index in [0.717, 1.165) is 44.9 Å². The number of aliphatic hydroxyl groups is 7. The van der Waals surface area contributed by atoms with Gasteiger partial charge in [0.25, 0.3) is 0 Å². The molecular weight excluding hydrogens is 826 g/mol. The van der Waals surface area contributed by atoms with Crippen LogP contribution in [0.5, 0.6) is 0 Å². The van der Waals surface area contributed by atoms with Crippen LogP contribution in [-0.2, 0) is 18.4 Å². The van der Waals surface area contributed by atoms with E-state index in [2.05, 4.69) is 19.2 Å². The molecule has 0 radical (unpaired) electrons. The van der Waals surface area contributed by atoms with Gasteiger partial charge in [-0.25, -0.2) is 4.57 Å². The lowest BCUT2D eigenvalue weighted by atomic mass is 9.85. The van der Waals surface area contributed by atoms with Gasteiger partial charge in [-0.05, 0) is 19.3 Å². The summed E-state index contributed by atoms with van der Waals surface area (Å²) in [7, 11) is -5.14. The van der Waals surface area contributed by atoms with E-state index in [9.17, 15) is 50.0 Å². The highest BCUT2D eigenvalue weighted by Crippen LogP contribution is 2.47. The first-order valence-corrected chi connectivity index (χ1v) is 27.2. The average molecular weight is 922 g/mol. The number of phosphoric acid groups is 1. The largest absolute Gasteiger partial charge is 0.472 e. The van der Waals surface area contributed by atoms with Crippen molar-refractivity contribution in [1.82, 2.24) is 5.32 Å². The van der Waals surface area contributed by atoms with E-state index < -0.39 is 75.2 Å². The molecule has 0 bridgehead atoms. The predicted octanol–water partition coefficient (Wildman–Crippen LogP) is 9.37. The highest BCUT2D eigenvalue weighted by atomic mass is 31.2. The van der Waals surface area contributed by atoms with Crippen LogP contribution in [-0.4, -0.2) is 108 Å². The number of carbonyl (C=O) groups is 1. The first kappa shape index (κ1) is 60.1. The van der Waals surface area contributed by atoms with Gasteiger partial charge in [0.15, 0.2) is 0 Å².